The number of hydrogen-bond donors (Lipinski definition) is 1. The fourth-order valence-corrected chi connectivity index (χ4v) is 4.40. The van der Waals surface area contributed by atoms with Gasteiger partial charge in [0.1, 0.15) is 11.0 Å². The number of likely N-dealkylation sites (tertiary alicyclic amines) is 1. The van der Waals surface area contributed by atoms with E-state index in [0.29, 0.717) is 23.1 Å². The molecule has 6 heteroatoms. The molecule has 6 nitrogen and oxygen atoms in total. The minimum absolute atomic E-state index is 0.122. The van der Waals surface area contributed by atoms with Gasteiger partial charge in [0, 0.05) is 23.6 Å². The van der Waals surface area contributed by atoms with Gasteiger partial charge in [-0.1, -0.05) is 6.42 Å². The van der Waals surface area contributed by atoms with E-state index in [-0.39, 0.29) is 11.7 Å². The number of piperidine rings is 2. The topological polar surface area (TPSA) is 71.3 Å². The van der Waals surface area contributed by atoms with Crippen molar-refractivity contribution in [2.24, 2.45) is 5.92 Å². The second-order valence-electron chi connectivity index (χ2n) is 7.93. The van der Waals surface area contributed by atoms with Crippen molar-refractivity contribution in [2.45, 2.75) is 57.5 Å². The molecule has 26 heavy (non-hydrogen) atoms. The van der Waals surface area contributed by atoms with Crippen LogP contribution in [0.4, 0.5) is 0 Å². The van der Waals surface area contributed by atoms with Crippen LogP contribution in [0.2, 0.25) is 0 Å². The fourth-order valence-electron chi connectivity index (χ4n) is 4.40. The van der Waals surface area contributed by atoms with Crippen molar-refractivity contribution in [2.75, 3.05) is 19.6 Å². The summed E-state index contributed by atoms with van der Waals surface area (Å²) in [7, 11) is 0. The quantitative estimate of drug-likeness (QED) is 0.830. The Kier molecular flexibility index (Phi) is 5.31. The van der Waals surface area contributed by atoms with Gasteiger partial charge in [0.15, 0.2) is 5.78 Å². The predicted molar refractivity (Wildman–Crippen MR) is 100 cm³/mol. The zero-order valence-electron chi connectivity index (χ0n) is 15.5. The fraction of sp³-hybridized carbons (Fsp3) is 0.650. The Morgan fingerprint density at radius 2 is 2.00 bits per heavy atom. The molecule has 4 rings (SSSR count). The highest BCUT2D eigenvalue weighted by Crippen LogP contribution is 2.24. The molecule has 0 spiro atoms. The summed E-state index contributed by atoms with van der Waals surface area (Å²) in [4.78, 5) is 15.3. The number of hydrogen-bond acceptors (Lipinski definition) is 6. The smallest absolute Gasteiger partial charge is 0.166 e. The van der Waals surface area contributed by atoms with Crippen LogP contribution in [0.1, 0.15) is 55.8 Å². The van der Waals surface area contributed by atoms with Crippen LogP contribution >= 0.6 is 0 Å². The molecule has 2 atom stereocenters. The lowest BCUT2D eigenvalue weighted by Crippen LogP contribution is -2.44. The van der Waals surface area contributed by atoms with Crippen LogP contribution in [0.3, 0.4) is 0 Å². The molecule has 2 fully saturated rings. The Morgan fingerprint density at radius 3 is 2.81 bits per heavy atom. The number of ketones is 1. The average molecular weight is 356 g/mol. The molecule has 0 amide bonds. The summed E-state index contributed by atoms with van der Waals surface area (Å²) < 4.78 is 4.72. The number of rotatable bonds is 5. The van der Waals surface area contributed by atoms with E-state index >= 15 is 0 Å². The largest absolute Gasteiger partial charge is 0.311 e. The van der Waals surface area contributed by atoms with Gasteiger partial charge in [0.05, 0.1) is 0 Å². The number of Topliss-reactive ketones (excluding diaryl/α,β-unsaturated/α-hetero) is 1. The van der Waals surface area contributed by atoms with Crippen molar-refractivity contribution >= 4 is 16.8 Å². The van der Waals surface area contributed by atoms with Crippen molar-refractivity contribution in [3.63, 3.8) is 0 Å². The maximum Gasteiger partial charge on any atom is 0.166 e. The van der Waals surface area contributed by atoms with Gasteiger partial charge < -0.3 is 10.2 Å². The van der Waals surface area contributed by atoms with E-state index in [1.54, 1.807) is 6.07 Å². The van der Waals surface area contributed by atoms with E-state index in [4.69, 9.17) is 4.63 Å². The molecule has 2 unspecified atom stereocenters. The zero-order chi connectivity index (χ0) is 17.9. The van der Waals surface area contributed by atoms with Crippen molar-refractivity contribution in [1.82, 2.24) is 20.5 Å². The van der Waals surface area contributed by atoms with Crippen LogP contribution in [0, 0.1) is 5.92 Å². The van der Waals surface area contributed by atoms with Gasteiger partial charge in [-0.05, 0) is 87.2 Å². The number of fused-ring (bicyclic) bond motifs is 1. The first-order valence-electron chi connectivity index (χ1n) is 9.94. The Hall–Kier alpha value is -1.79. The van der Waals surface area contributed by atoms with Gasteiger partial charge in [-0.25, -0.2) is 4.63 Å². The van der Waals surface area contributed by atoms with Gasteiger partial charge in [0.2, 0.25) is 0 Å². The van der Waals surface area contributed by atoms with Crippen LogP contribution in [-0.2, 0) is 0 Å². The molecule has 1 N–H and O–H groups in total. The summed E-state index contributed by atoms with van der Waals surface area (Å²) >= 11 is 0. The van der Waals surface area contributed by atoms with E-state index in [2.05, 4.69) is 27.5 Å². The molecule has 2 aliphatic rings. The predicted octanol–water partition coefficient (Wildman–Crippen LogP) is 3.04. The minimum atomic E-state index is 0.122. The Labute approximate surface area is 154 Å². The average Bonchev–Trinajstić information content (AvgIpc) is 3.14. The van der Waals surface area contributed by atoms with Crippen LogP contribution in [0.15, 0.2) is 22.8 Å². The van der Waals surface area contributed by atoms with E-state index in [1.165, 1.54) is 25.7 Å². The molecule has 2 aliphatic heterocycles. The van der Waals surface area contributed by atoms with Gasteiger partial charge in [-0.2, -0.15) is 0 Å². The number of carbonyl (C=O) groups excluding carboxylic acids is 1. The molecular weight excluding hydrogens is 328 g/mol. The molecule has 0 aliphatic carbocycles. The van der Waals surface area contributed by atoms with Gasteiger partial charge in [-0.3, -0.25) is 4.79 Å². The summed E-state index contributed by atoms with van der Waals surface area (Å²) in [6, 6.07) is 6.79. The van der Waals surface area contributed by atoms with Crippen molar-refractivity contribution in [3.8, 4) is 0 Å². The third kappa shape index (κ3) is 3.96. The van der Waals surface area contributed by atoms with Crippen LogP contribution in [0.25, 0.3) is 11.0 Å². The van der Waals surface area contributed by atoms with Crippen LogP contribution in [0.5, 0.6) is 0 Å². The molecule has 1 aromatic heterocycles. The monoisotopic (exact) mass is 356 g/mol. The van der Waals surface area contributed by atoms with Crippen molar-refractivity contribution in [3.05, 3.63) is 23.8 Å². The van der Waals surface area contributed by atoms with E-state index in [0.717, 1.165) is 38.0 Å². The van der Waals surface area contributed by atoms with Gasteiger partial charge in [-0.15, -0.1) is 0 Å². The Balaban J connectivity index is 1.27. The molecule has 0 saturated carbocycles. The summed E-state index contributed by atoms with van der Waals surface area (Å²) in [5.41, 5.74) is 2.08. The van der Waals surface area contributed by atoms with Gasteiger partial charge >= 0.3 is 0 Å². The first-order valence-corrected chi connectivity index (χ1v) is 9.94. The number of nitrogens with zero attached hydrogens (tertiary/aromatic N) is 3. The minimum Gasteiger partial charge on any atom is -0.311 e. The van der Waals surface area contributed by atoms with E-state index in [9.17, 15) is 4.79 Å². The lowest BCUT2D eigenvalue weighted by atomic mass is 9.88. The summed E-state index contributed by atoms with van der Waals surface area (Å²) in [5.74, 6) is 0.355. The molecule has 3 heterocycles. The number of aromatic nitrogens is 2. The second-order valence-corrected chi connectivity index (χ2v) is 7.93. The third-order valence-electron chi connectivity index (χ3n) is 6.00. The zero-order valence-corrected chi connectivity index (χ0v) is 15.5. The van der Waals surface area contributed by atoms with E-state index in [1.807, 2.05) is 12.1 Å². The summed E-state index contributed by atoms with van der Waals surface area (Å²) in [6.45, 7) is 5.47. The molecule has 0 bridgehead atoms. The highest BCUT2D eigenvalue weighted by molar-refractivity contribution is 6.00. The van der Waals surface area contributed by atoms with Crippen LogP contribution in [-0.4, -0.2) is 52.7 Å². The molecule has 2 saturated heterocycles. The summed E-state index contributed by atoms with van der Waals surface area (Å²) in [6.07, 6.45) is 7.07. The molecule has 2 aromatic rings. The Morgan fingerprint density at radius 1 is 1.19 bits per heavy atom. The lowest BCUT2D eigenvalue weighted by Gasteiger charge is -2.34. The SMILES string of the molecule is CC1CCCC(CCN2CCC(C(=O)c3ccc4nonc4c3)CC2)N1. The highest BCUT2D eigenvalue weighted by Gasteiger charge is 2.27. The number of carbonyl (C=O) groups is 1. The van der Waals surface area contributed by atoms with Crippen LogP contribution < -0.4 is 5.32 Å². The Bertz CT molecular complexity index is 751. The first-order chi connectivity index (χ1) is 12.7. The first kappa shape index (κ1) is 17.6. The molecule has 140 valence electrons. The number of nitrogens with one attached hydrogen (secondary N) is 1. The van der Waals surface area contributed by atoms with E-state index < -0.39 is 0 Å². The third-order valence-corrected chi connectivity index (χ3v) is 6.00. The maximum absolute atomic E-state index is 12.8. The highest BCUT2D eigenvalue weighted by atomic mass is 16.6. The molecule has 1 aromatic carbocycles. The van der Waals surface area contributed by atoms with Gasteiger partial charge in [0.25, 0.3) is 0 Å². The number of benzene rings is 1. The van der Waals surface area contributed by atoms with Crippen molar-refractivity contribution in [1.29, 1.82) is 0 Å². The van der Waals surface area contributed by atoms with Crippen molar-refractivity contribution < 1.29 is 9.42 Å². The summed E-state index contributed by atoms with van der Waals surface area (Å²) in [5, 5.41) is 11.4. The normalized spacial score (nSPS) is 25.6. The standard InChI is InChI=1S/C20H28N4O2/c1-14-3-2-4-17(21-14)9-12-24-10-7-15(8-11-24)20(25)16-5-6-18-19(13-16)23-26-22-18/h5-6,13-15,17,21H,2-4,7-12H2,1H3. The maximum atomic E-state index is 12.8. The molecule has 0 radical (unpaired) electrons. The second kappa shape index (κ2) is 7.84. The molecular formula is C20H28N4O2. The lowest BCUT2D eigenvalue weighted by molar-refractivity contribution is 0.0835.